The first-order valence-corrected chi connectivity index (χ1v) is 12.9. The molecule has 0 aliphatic rings. The van der Waals surface area contributed by atoms with Crippen LogP contribution in [-0.2, 0) is 15.1 Å². The first-order valence-electron chi connectivity index (χ1n) is 12.9. The van der Waals surface area contributed by atoms with Gasteiger partial charge in [0.2, 0.25) is 0 Å². The number of carbonyl (C=O) groups is 1. The number of rotatable bonds is 8. The highest BCUT2D eigenvalue weighted by molar-refractivity contribution is 6.58. The maximum absolute atomic E-state index is 15.6. The molecule has 0 aliphatic carbocycles. The molecule has 9 nitrogen and oxygen atoms in total. The molecular weight excluding hydrogens is 550 g/mol. The SMILES string of the molecule is [B]C([B])([B])c1ccnc(Oc2ccc(-c3c(-c4ccc(NC(=O)C(=C)C)cc4)n(C([B])([B])[B])c4ncnc(N)c34)cc2F)n1. The van der Waals surface area contributed by atoms with Gasteiger partial charge in [-0.2, -0.15) is 0 Å². The van der Waals surface area contributed by atoms with Crippen LogP contribution in [0, 0.1) is 5.82 Å². The molecule has 0 spiro atoms. The van der Waals surface area contributed by atoms with E-state index in [0.717, 1.165) is 0 Å². The molecule has 3 N–H and O–H groups in total. The van der Waals surface area contributed by atoms with Crippen LogP contribution in [0.3, 0.4) is 0 Å². The van der Waals surface area contributed by atoms with E-state index in [-0.39, 0.29) is 34.8 Å². The maximum Gasteiger partial charge on any atom is 0.322 e. The van der Waals surface area contributed by atoms with E-state index < -0.39 is 16.2 Å². The second-order valence-electron chi connectivity index (χ2n) is 10.1. The normalized spacial score (nSPS) is 11.8. The van der Waals surface area contributed by atoms with Gasteiger partial charge in [-0.05, 0) is 48.4 Å². The highest BCUT2D eigenvalue weighted by Gasteiger charge is 2.29. The van der Waals surface area contributed by atoms with Crippen LogP contribution in [0.1, 0.15) is 12.6 Å². The largest absolute Gasteiger partial charge is 0.421 e. The molecule has 44 heavy (non-hydrogen) atoms. The van der Waals surface area contributed by atoms with Crippen LogP contribution in [0.5, 0.6) is 11.8 Å². The summed E-state index contributed by atoms with van der Waals surface area (Å²) in [6.07, 6.45) is 2.55. The quantitative estimate of drug-likeness (QED) is 0.218. The van der Waals surface area contributed by atoms with Crippen molar-refractivity contribution in [3.8, 4) is 34.1 Å². The summed E-state index contributed by atoms with van der Waals surface area (Å²) in [6.45, 7) is 5.23. The minimum atomic E-state index is -1.98. The molecule has 0 saturated carbocycles. The molecule has 5 aromatic rings. The number of carbonyl (C=O) groups excluding carboxylic acids is 1. The van der Waals surface area contributed by atoms with E-state index in [1.165, 1.54) is 35.3 Å². The van der Waals surface area contributed by atoms with E-state index in [2.05, 4.69) is 31.8 Å². The maximum atomic E-state index is 15.6. The molecule has 0 aliphatic heterocycles. The molecule has 3 aromatic heterocycles. The van der Waals surface area contributed by atoms with E-state index in [9.17, 15) is 4.79 Å². The summed E-state index contributed by atoms with van der Waals surface area (Å²) in [5.74, 6) is -1.26. The second-order valence-corrected chi connectivity index (χ2v) is 10.1. The summed E-state index contributed by atoms with van der Waals surface area (Å²) in [4.78, 5) is 28.6. The van der Waals surface area contributed by atoms with Crippen molar-refractivity contribution in [1.82, 2.24) is 24.5 Å². The zero-order valence-corrected chi connectivity index (χ0v) is 23.5. The van der Waals surface area contributed by atoms with Crippen LogP contribution in [0.2, 0.25) is 0 Å². The van der Waals surface area contributed by atoms with Crippen molar-refractivity contribution in [2.75, 3.05) is 11.1 Å². The topological polar surface area (TPSA) is 121 Å². The molecule has 0 atom stereocenters. The number of aromatic nitrogens is 5. The lowest BCUT2D eigenvalue weighted by Crippen LogP contribution is -2.35. The number of nitrogens with zero attached hydrogens (tertiary/aromatic N) is 5. The van der Waals surface area contributed by atoms with Gasteiger partial charge in [-0.25, -0.2) is 24.3 Å². The fraction of sp³-hybridized carbons (Fsp3) is 0.107. The molecule has 0 bridgehead atoms. The zero-order valence-electron chi connectivity index (χ0n) is 23.5. The van der Waals surface area contributed by atoms with E-state index in [0.29, 0.717) is 39.0 Å². The van der Waals surface area contributed by atoms with Crippen LogP contribution in [0.25, 0.3) is 33.4 Å². The second kappa shape index (κ2) is 11.4. The Labute approximate surface area is 260 Å². The summed E-state index contributed by atoms with van der Waals surface area (Å²) in [7, 11) is 35.8. The van der Waals surface area contributed by atoms with Crippen molar-refractivity contribution >= 4 is 75.5 Å². The number of ether oxygens (including phenoxy) is 1. The lowest BCUT2D eigenvalue weighted by Gasteiger charge is -2.27. The van der Waals surface area contributed by atoms with E-state index in [1.807, 2.05) is 0 Å². The van der Waals surface area contributed by atoms with Gasteiger partial charge in [0.25, 0.3) is 5.91 Å². The Morgan fingerprint density at radius 2 is 1.68 bits per heavy atom. The summed E-state index contributed by atoms with van der Waals surface area (Å²) >= 11 is 0. The van der Waals surface area contributed by atoms with E-state index >= 15 is 4.39 Å². The molecule has 1 amide bonds. The smallest absolute Gasteiger partial charge is 0.322 e. The third-order valence-electron chi connectivity index (χ3n) is 6.47. The molecule has 16 heteroatoms. The first-order chi connectivity index (χ1) is 20.6. The number of fused-ring (bicyclic) bond motifs is 1. The predicted molar refractivity (Wildman–Crippen MR) is 172 cm³/mol. The van der Waals surface area contributed by atoms with Crippen LogP contribution in [0.4, 0.5) is 15.9 Å². The number of hydrogen-bond acceptors (Lipinski definition) is 7. The molecule has 0 saturated heterocycles. The van der Waals surface area contributed by atoms with Crippen LogP contribution < -0.4 is 15.8 Å². The third kappa shape index (κ3) is 6.02. The van der Waals surface area contributed by atoms with Gasteiger partial charge in [0.15, 0.2) is 11.6 Å². The summed E-state index contributed by atoms with van der Waals surface area (Å²) < 4.78 is 22.6. The number of benzene rings is 2. The lowest BCUT2D eigenvalue weighted by molar-refractivity contribution is -0.112. The standard InChI is InChI=1S/C28H18B6FN7O2/c1-13(2)25(43)40-16-6-3-14(4-7-16)22-20(21-23(36)38-12-39-24(21)42(22)28(32,33)34)15-5-8-18(17(35)11-15)44-26-37-10-9-19(41-26)27(29,30)31/h3-12H,1H2,2H3,(H,40,43)(H2,36,38,39). The molecule has 202 valence electrons. The van der Waals surface area contributed by atoms with Gasteiger partial charge in [-0.1, -0.05) is 35.1 Å². The van der Waals surface area contributed by atoms with Crippen molar-refractivity contribution in [1.29, 1.82) is 0 Å². The molecule has 3 heterocycles. The third-order valence-corrected chi connectivity index (χ3v) is 6.47. The average Bonchev–Trinajstić information content (AvgIpc) is 3.31. The molecular formula is C28H18B6FN7O2. The fourth-order valence-electron chi connectivity index (χ4n) is 4.48. The number of nitrogens with two attached hydrogens (primary N) is 1. The lowest BCUT2D eigenvalue weighted by atomic mass is 9.41. The van der Waals surface area contributed by atoms with Crippen LogP contribution >= 0.6 is 0 Å². The Morgan fingerprint density at radius 1 is 1.00 bits per heavy atom. The summed E-state index contributed by atoms with van der Waals surface area (Å²) in [5, 5.41) is -0.677. The van der Waals surface area contributed by atoms with Crippen molar-refractivity contribution < 1.29 is 13.9 Å². The van der Waals surface area contributed by atoms with E-state index in [1.54, 1.807) is 37.3 Å². The van der Waals surface area contributed by atoms with Gasteiger partial charge in [0, 0.05) is 28.7 Å². The number of amides is 1. The predicted octanol–water partition coefficient (Wildman–Crippen LogP) is 2.27. The van der Waals surface area contributed by atoms with Gasteiger partial charge in [-0.15, -0.1) is 0 Å². The Hall–Kier alpha value is -4.73. The van der Waals surface area contributed by atoms with E-state index in [4.69, 9.17) is 57.5 Å². The Kier molecular flexibility index (Phi) is 7.96. The minimum absolute atomic E-state index is 0.0689. The molecule has 12 radical (unpaired) electrons. The van der Waals surface area contributed by atoms with Gasteiger partial charge >= 0.3 is 6.01 Å². The Balaban J connectivity index is 1.66. The number of nitrogen functional groups attached to an aromatic ring is 1. The van der Waals surface area contributed by atoms with Gasteiger partial charge < -0.3 is 20.4 Å². The van der Waals surface area contributed by atoms with Crippen molar-refractivity contribution in [3.05, 3.63) is 84.7 Å². The Bertz CT molecular complexity index is 1920. The molecule has 0 fully saturated rings. The van der Waals surface area contributed by atoms with Gasteiger partial charge in [-0.3, -0.25) is 4.79 Å². The highest BCUT2D eigenvalue weighted by Crippen LogP contribution is 2.44. The van der Waals surface area contributed by atoms with Crippen molar-refractivity contribution in [2.24, 2.45) is 0 Å². The molecule has 0 unspecified atom stereocenters. The van der Waals surface area contributed by atoms with Gasteiger partial charge in [0.05, 0.1) is 58.2 Å². The van der Waals surface area contributed by atoms with Crippen LogP contribution in [0.15, 0.2) is 73.2 Å². The zero-order chi connectivity index (χ0) is 32.0. The molecule has 5 rings (SSSR count). The number of anilines is 2. The van der Waals surface area contributed by atoms with Crippen LogP contribution in [-0.4, -0.2) is 77.5 Å². The van der Waals surface area contributed by atoms with Crippen molar-refractivity contribution in [3.63, 3.8) is 0 Å². The fourth-order valence-corrected chi connectivity index (χ4v) is 4.48. The average molecular weight is 568 g/mol. The highest BCUT2D eigenvalue weighted by atomic mass is 19.1. The number of nitrogens with one attached hydrogen (secondary N) is 1. The summed E-state index contributed by atoms with van der Waals surface area (Å²) in [6, 6.07) is 12.0. The Morgan fingerprint density at radius 3 is 2.30 bits per heavy atom. The van der Waals surface area contributed by atoms with Crippen molar-refractivity contribution in [2.45, 2.75) is 17.3 Å². The van der Waals surface area contributed by atoms with Gasteiger partial charge in [0.1, 0.15) is 17.8 Å². The monoisotopic (exact) mass is 569 g/mol. The summed E-state index contributed by atoms with van der Waals surface area (Å²) in [5.41, 5.74) is 9.04. The first kappa shape index (κ1) is 30.7. The number of hydrogen-bond donors (Lipinski definition) is 2. The minimum Gasteiger partial charge on any atom is -0.421 e. The molecule has 2 aromatic carbocycles. The number of halogens is 1.